The maximum atomic E-state index is 11.2. The van der Waals surface area contributed by atoms with Crippen LogP contribution in [0.15, 0.2) is 0 Å². The van der Waals surface area contributed by atoms with Crippen LogP contribution in [-0.2, 0) is 20.0 Å². The zero-order valence-corrected chi connectivity index (χ0v) is 9.86. The molecule has 86 valence electrons. The zero-order chi connectivity index (χ0) is 11.4. The first-order chi connectivity index (χ1) is 6.15. The van der Waals surface area contributed by atoms with Crippen molar-refractivity contribution in [3.63, 3.8) is 0 Å². The monoisotopic (exact) mass is 244 g/mol. The maximum absolute atomic E-state index is 11.2. The molecule has 0 rings (SSSR count). The summed E-state index contributed by atoms with van der Waals surface area (Å²) in [6, 6.07) is 0. The van der Waals surface area contributed by atoms with E-state index in [0.717, 1.165) is 0 Å². The lowest BCUT2D eigenvalue weighted by atomic mass is 10.5. The second-order valence-corrected chi connectivity index (χ2v) is 7.26. The van der Waals surface area contributed by atoms with Crippen molar-refractivity contribution in [2.24, 2.45) is 5.14 Å². The summed E-state index contributed by atoms with van der Waals surface area (Å²) in [6.45, 7) is 3.18. The van der Waals surface area contributed by atoms with Crippen molar-refractivity contribution in [2.75, 3.05) is 12.3 Å². The molecule has 0 spiro atoms. The number of hydrogen-bond acceptors (Lipinski definition) is 4. The summed E-state index contributed by atoms with van der Waals surface area (Å²) in [5.41, 5.74) is 0. The Morgan fingerprint density at radius 1 is 1.21 bits per heavy atom. The van der Waals surface area contributed by atoms with Gasteiger partial charge in [-0.1, -0.05) is 0 Å². The molecule has 0 amide bonds. The predicted octanol–water partition coefficient (Wildman–Crippen LogP) is -1.01. The molecule has 0 aliphatic rings. The molecule has 3 N–H and O–H groups in total. The smallest absolute Gasteiger partial charge is 0.213 e. The van der Waals surface area contributed by atoms with Gasteiger partial charge in [-0.15, -0.1) is 0 Å². The highest BCUT2D eigenvalue weighted by Gasteiger charge is 2.14. The molecule has 0 aromatic rings. The quantitative estimate of drug-likeness (QED) is 0.584. The number of nitrogens with two attached hydrogens (primary N) is 1. The average molecular weight is 244 g/mol. The molecular weight excluding hydrogens is 228 g/mol. The third kappa shape index (κ3) is 6.30. The van der Waals surface area contributed by atoms with E-state index in [1.807, 2.05) is 0 Å². The van der Waals surface area contributed by atoms with Gasteiger partial charge < -0.3 is 0 Å². The van der Waals surface area contributed by atoms with Gasteiger partial charge in [-0.05, 0) is 20.3 Å². The van der Waals surface area contributed by atoms with Crippen molar-refractivity contribution in [3.8, 4) is 0 Å². The van der Waals surface area contributed by atoms with E-state index in [-0.39, 0.29) is 18.7 Å². The Morgan fingerprint density at radius 3 is 2.07 bits per heavy atom. The van der Waals surface area contributed by atoms with Crippen LogP contribution in [-0.4, -0.2) is 34.4 Å². The van der Waals surface area contributed by atoms with Gasteiger partial charge in [0.05, 0.1) is 11.0 Å². The van der Waals surface area contributed by atoms with Crippen LogP contribution in [0.5, 0.6) is 0 Å². The topological polar surface area (TPSA) is 106 Å². The standard InChI is InChI=1S/C6H16N2O4S2/c1-6(2)14(11,12)8-4-3-5-13(7,9)10/h6,8H,3-5H2,1-2H3,(H2,7,9,10). The SMILES string of the molecule is CC(C)S(=O)(=O)NCCCS(N)(=O)=O. The number of sulfonamides is 2. The average Bonchev–Trinajstić information content (AvgIpc) is 1.96. The van der Waals surface area contributed by atoms with Crippen LogP contribution >= 0.6 is 0 Å². The third-order valence-electron chi connectivity index (χ3n) is 1.53. The van der Waals surface area contributed by atoms with Gasteiger partial charge in [0.25, 0.3) is 0 Å². The molecule has 0 saturated carbocycles. The molecule has 0 aliphatic heterocycles. The first-order valence-corrected chi connectivity index (χ1v) is 7.40. The highest BCUT2D eigenvalue weighted by molar-refractivity contribution is 7.90. The van der Waals surface area contributed by atoms with Crippen LogP contribution in [0, 0.1) is 0 Å². The van der Waals surface area contributed by atoms with E-state index in [2.05, 4.69) is 4.72 Å². The van der Waals surface area contributed by atoms with Gasteiger partial charge >= 0.3 is 0 Å². The Morgan fingerprint density at radius 2 is 1.71 bits per heavy atom. The second kappa shape index (κ2) is 5.06. The molecular formula is C6H16N2O4S2. The van der Waals surface area contributed by atoms with Gasteiger partial charge in [0, 0.05) is 6.54 Å². The molecule has 8 heteroatoms. The van der Waals surface area contributed by atoms with Crippen molar-refractivity contribution in [1.29, 1.82) is 0 Å². The molecule has 0 saturated heterocycles. The van der Waals surface area contributed by atoms with Crippen LogP contribution in [0.2, 0.25) is 0 Å². The van der Waals surface area contributed by atoms with Crippen LogP contribution in [0.4, 0.5) is 0 Å². The number of rotatable bonds is 6. The van der Waals surface area contributed by atoms with E-state index in [1.54, 1.807) is 13.8 Å². The van der Waals surface area contributed by atoms with Crippen molar-refractivity contribution < 1.29 is 16.8 Å². The van der Waals surface area contributed by atoms with E-state index in [0.29, 0.717) is 0 Å². The van der Waals surface area contributed by atoms with Crippen molar-refractivity contribution in [1.82, 2.24) is 4.72 Å². The summed E-state index contributed by atoms with van der Waals surface area (Å²) in [5.74, 6) is -0.215. The van der Waals surface area contributed by atoms with Gasteiger partial charge in [0.15, 0.2) is 0 Å². The van der Waals surface area contributed by atoms with Gasteiger partial charge in [0.1, 0.15) is 0 Å². The molecule has 0 heterocycles. The Hall–Kier alpha value is -0.180. The van der Waals surface area contributed by atoms with E-state index < -0.39 is 25.3 Å². The number of primary sulfonamides is 1. The molecule has 0 atom stereocenters. The Balaban J connectivity index is 3.88. The van der Waals surface area contributed by atoms with Crippen molar-refractivity contribution in [2.45, 2.75) is 25.5 Å². The van der Waals surface area contributed by atoms with Crippen LogP contribution in [0.1, 0.15) is 20.3 Å². The number of hydrogen-bond donors (Lipinski definition) is 2. The fraction of sp³-hybridized carbons (Fsp3) is 1.00. The minimum Gasteiger partial charge on any atom is -0.229 e. The van der Waals surface area contributed by atoms with Gasteiger partial charge in [-0.3, -0.25) is 0 Å². The normalized spacial score (nSPS) is 13.4. The van der Waals surface area contributed by atoms with Crippen LogP contribution < -0.4 is 9.86 Å². The molecule has 14 heavy (non-hydrogen) atoms. The van der Waals surface area contributed by atoms with Crippen LogP contribution in [0.25, 0.3) is 0 Å². The predicted molar refractivity (Wildman–Crippen MR) is 54.6 cm³/mol. The maximum Gasteiger partial charge on any atom is 0.213 e. The molecule has 6 nitrogen and oxygen atoms in total. The Kier molecular flexibility index (Phi) is 4.99. The van der Waals surface area contributed by atoms with Gasteiger partial charge in [-0.2, -0.15) is 0 Å². The lowest BCUT2D eigenvalue weighted by Crippen LogP contribution is -2.32. The summed E-state index contributed by atoms with van der Waals surface area (Å²) in [6.07, 6.45) is 0.185. The minimum absolute atomic E-state index is 0.0942. The fourth-order valence-electron chi connectivity index (χ4n) is 0.654. The lowest BCUT2D eigenvalue weighted by molar-refractivity contribution is 0.569. The summed E-state index contributed by atoms with van der Waals surface area (Å²) in [5, 5.41) is 4.22. The molecule has 0 fully saturated rings. The lowest BCUT2D eigenvalue weighted by Gasteiger charge is -2.08. The van der Waals surface area contributed by atoms with Crippen molar-refractivity contribution in [3.05, 3.63) is 0 Å². The van der Waals surface area contributed by atoms with E-state index in [4.69, 9.17) is 5.14 Å². The summed E-state index contributed by atoms with van der Waals surface area (Å²) in [4.78, 5) is 0. The van der Waals surface area contributed by atoms with Gasteiger partial charge in [-0.25, -0.2) is 26.7 Å². The fourth-order valence-corrected chi connectivity index (χ4v) is 1.96. The molecule has 0 aliphatic carbocycles. The molecule has 0 radical (unpaired) electrons. The summed E-state index contributed by atoms with van der Waals surface area (Å²) >= 11 is 0. The Labute approximate surface area is 85.0 Å². The Bertz CT molecular complexity index is 357. The van der Waals surface area contributed by atoms with E-state index >= 15 is 0 Å². The zero-order valence-electron chi connectivity index (χ0n) is 8.23. The second-order valence-electron chi connectivity index (χ2n) is 3.21. The summed E-state index contributed by atoms with van der Waals surface area (Å²) < 4.78 is 45.6. The van der Waals surface area contributed by atoms with Crippen LogP contribution in [0.3, 0.4) is 0 Å². The first kappa shape index (κ1) is 13.8. The highest BCUT2D eigenvalue weighted by atomic mass is 32.2. The third-order valence-corrected chi connectivity index (χ3v) is 4.23. The minimum atomic E-state index is -3.50. The van der Waals surface area contributed by atoms with Gasteiger partial charge in [0.2, 0.25) is 20.0 Å². The largest absolute Gasteiger partial charge is 0.229 e. The first-order valence-electron chi connectivity index (χ1n) is 4.14. The molecule has 0 bridgehead atoms. The number of nitrogens with one attached hydrogen (secondary N) is 1. The molecule has 0 aromatic heterocycles. The van der Waals surface area contributed by atoms with E-state index in [9.17, 15) is 16.8 Å². The highest BCUT2D eigenvalue weighted by Crippen LogP contribution is 1.95. The van der Waals surface area contributed by atoms with Crippen molar-refractivity contribution >= 4 is 20.0 Å². The summed E-state index contributed by atoms with van der Waals surface area (Å²) in [7, 11) is -6.80. The molecule has 0 aromatic carbocycles. The molecule has 0 unspecified atom stereocenters. The van der Waals surface area contributed by atoms with E-state index in [1.165, 1.54) is 0 Å².